The smallest absolute Gasteiger partial charge is 0.328 e. The maximum atomic E-state index is 12.4. The topological polar surface area (TPSA) is 70.3 Å². The Morgan fingerprint density at radius 1 is 1.20 bits per heavy atom. The number of imidazole rings is 1. The van der Waals surface area contributed by atoms with Crippen molar-refractivity contribution >= 4 is 22.5 Å². The quantitative estimate of drug-likeness (QED) is 0.745. The molecule has 0 aliphatic heterocycles. The Bertz CT molecular complexity index is 959. The van der Waals surface area contributed by atoms with Crippen molar-refractivity contribution in [2.24, 2.45) is 7.05 Å². The highest BCUT2D eigenvalue weighted by Crippen LogP contribution is 2.25. The molecule has 2 heterocycles. The van der Waals surface area contributed by atoms with E-state index in [0.29, 0.717) is 19.0 Å². The molecule has 0 radical (unpaired) electrons. The van der Waals surface area contributed by atoms with Crippen molar-refractivity contribution in [2.45, 2.75) is 13.5 Å². The number of nitrogens with one attached hydrogen (secondary N) is 1. The van der Waals surface area contributed by atoms with Crippen molar-refractivity contribution in [1.82, 2.24) is 14.1 Å². The minimum atomic E-state index is -0.0772. The third-order valence-corrected chi connectivity index (χ3v) is 4.25. The Morgan fingerprint density at radius 2 is 2.00 bits per heavy atom. The molecule has 0 unspecified atom stereocenters. The average Bonchev–Trinajstić information content (AvgIpc) is 2.85. The highest BCUT2D eigenvalue weighted by atomic mass is 16.5. The maximum Gasteiger partial charge on any atom is 0.328 e. The lowest BCUT2D eigenvalue weighted by molar-refractivity contribution is 0.187. The second kappa shape index (κ2) is 6.98. The fourth-order valence-electron chi connectivity index (χ4n) is 2.81. The third-order valence-electron chi connectivity index (χ3n) is 4.25. The van der Waals surface area contributed by atoms with Gasteiger partial charge in [0.15, 0.2) is 0 Å². The van der Waals surface area contributed by atoms with Crippen molar-refractivity contribution in [3.05, 3.63) is 46.5 Å². The third kappa shape index (κ3) is 3.23. The number of ether oxygens (including phenoxy) is 2. The lowest BCUT2D eigenvalue weighted by atomic mass is 10.2. The Balaban J connectivity index is 1.99. The van der Waals surface area contributed by atoms with Crippen LogP contribution in [0.25, 0.3) is 11.0 Å². The first-order chi connectivity index (χ1) is 12.0. The van der Waals surface area contributed by atoms with Crippen molar-refractivity contribution in [1.29, 1.82) is 0 Å². The summed E-state index contributed by atoms with van der Waals surface area (Å²) in [6.07, 6.45) is 1.71. The molecule has 7 heteroatoms. The fraction of sp³-hybridized carbons (Fsp3) is 0.333. The summed E-state index contributed by atoms with van der Waals surface area (Å²) in [5.41, 5.74) is 3.53. The summed E-state index contributed by atoms with van der Waals surface area (Å²) in [5.74, 6) is 1.49. The molecule has 3 aromatic rings. The van der Waals surface area contributed by atoms with Gasteiger partial charge in [-0.25, -0.2) is 9.78 Å². The molecular formula is C18H22N4O3. The molecule has 25 heavy (non-hydrogen) atoms. The lowest BCUT2D eigenvalue weighted by Gasteiger charge is -2.11. The number of rotatable bonds is 6. The van der Waals surface area contributed by atoms with Crippen LogP contribution in [0.2, 0.25) is 0 Å². The minimum absolute atomic E-state index is 0.0772. The van der Waals surface area contributed by atoms with Gasteiger partial charge in [0.2, 0.25) is 0 Å². The van der Waals surface area contributed by atoms with Crippen LogP contribution in [0.15, 0.2) is 35.3 Å². The van der Waals surface area contributed by atoms with Gasteiger partial charge in [-0.15, -0.1) is 0 Å². The number of methoxy groups -OCH3 is 2. The molecule has 7 nitrogen and oxygen atoms in total. The van der Waals surface area contributed by atoms with Gasteiger partial charge in [0.05, 0.1) is 37.5 Å². The molecule has 3 rings (SSSR count). The predicted molar refractivity (Wildman–Crippen MR) is 97.9 cm³/mol. The highest BCUT2D eigenvalue weighted by Gasteiger charge is 2.12. The standard InChI is InChI=1S/C18H22N4O3/c1-12-9-13(25-4)5-6-14(12)20-17-10-15-16(11-19-17)21(2)18(23)22(15)7-8-24-3/h5-6,9-11H,7-8H2,1-4H3,(H,19,20). The van der Waals surface area contributed by atoms with Gasteiger partial charge in [0.1, 0.15) is 11.6 Å². The van der Waals surface area contributed by atoms with Crippen molar-refractivity contribution in [3.63, 3.8) is 0 Å². The van der Waals surface area contributed by atoms with Gasteiger partial charge in [0, 0.05) is 25.9 Å². The zero-order valence-corrected chi connectivity index (χ0v) is 14.9. The first-order valence-corrected chi connectivity index (χ1v) is 8.01. The van der Waals surface area contributed by atoms with Crippen LogP contribution in [0, 0.1) is 6.92 Å². The van der Waals surface area contributed by atoms with Crippen LogP contribution in [0.3, 0.4) is 0 Å². The van der Waals surface area contributed by atoms with Crippen molar-refractivity contribution in [3.8, 4) is 5.75 Å². The van der Waals surface area contributed by atoms with E-state index in [4.69, 9.17) is 9.47 Å². The Kier molecular flexibility index (Phi) is 4.76. The van der Waals surface area contributed by atoms with E-state index in [1.54, 1.807) is 36.6 Å². The van der Waals surface area contributed by atoms with Crippen LogP contribution < -0.4 is 15.7 Å². The van der Waals surface area contributed by atoms with E-state index in [2.05, 4.69) is 10.3 Å². The number of anilines is 2. The SMILES string of the molecule is COCCn1c(=O)n(C)c2cnc(Nc3ccc(OC)cc3C)cc21. The number of fused-ring (bicyclic) bond motifs is 1. The van der Waals surface area contributed by atoms with Crippen LogP contribution in [-0.4, -0.2) is 34.9 Å². The molecule has 1 N–H and O–H groups in total. The number of pyridine rings is 1. The molecule has 132 valence electrons. The molecule has 1 aromatic carbocycles. The number of aromatic nitrogens is 3. The second-order valence-corrected chi connectivity index (χ2v) is 5.85. The summed E-state index contributed by atoms with van der Waals surface area (Å²) in [5, 5.41) is 3.31. The largest absolute Gasteiger partial charge is 0.497 e. The summed E-state index contributed by atoms with van der Waals surface area (Å²) in [6, 6.07) is 7.68. The minimum Gasteiger partial charge on any atom is -0.497 e. The van der Waals surface area contributed by atoms with E-state index < -0.39 is 0 Å². The van der Waals surface area contributed by atoms with E-state index in [9.17, 15) is 4.79 Å². The van der Waals surface area contributed by atoms with Gasteiger partial charge < -0.3 is 14.8 Å². The molecule has 0 fully saturated rings. The van der Waals surface area contributed by atoms with Gasteiger partial charge in [-0.3, -0.25) is 9.13 Å². The molecule has 0 saturated heterocycles. The number of aryl methyl sites for hydroxylation is 2. The zero-order chi connectivity index (χ0) is 18.0. The normalized spacial score (nSPS) is 11.0. The van der Waals surface area contributed by atoms with Gasteiger partial charge in [0.25, 0.3) is 0 Å². The van der Waals surface area contributed by atoms with Gasteiger partial charge in [-0.2, -0.15) is 0 Å². The summed E-state index contributed by atoms with van der Waals surface area (Å²) < 4.78 is 13.6. The van der Waals surface area contributed by atoms with Gasteiger partial charge in [-0.1, -0.05) is 0 Å². The van der Waals surface area contributed by atoms with Crippen LogP contribution in [0.1, 0.15) is 5.56 Å². The van der Waals surface area contributed by atoms with Gasteiger partial charge >= 0.3 is 5.69 Å². The molecule has 0 aliphatic carbocycles. The molecule has 0 amide bonds. The van der Waals surface area contributed by atoms with E-state index >= 15 is 0 Å². The summed E-state index contributed by atoms with van der Waals surface area (Å²) in [4.78, 5) is 16.8. The summed E-state index contributed by atoms with van der Waals surface area (Å²) in [7, 11) is 5.01. The maximum absolute atomic E-state index is 12.4. The van der Waals surface area contributed by atoms with Crippen LogP contribution in [0.4, 0.5) is 11.5 Å². The van der Waals surface area contributed by atoms with Gasteiger partial charge in [-0.05, 0) is 30.7 Å². The van der Waals surface area contributed by atoms with E-state index in [1.165, 1.54) is 0 Å². The van der Waals surface area contributed by atoms with E-state index in [0.717, 1.165) is 28.0 Å². The molecule has 0 spiro atoms. The number of nitrogens with zero attached hydrogens (tertiary/aromatic N) is 3. The first kappa shape index (κ1) is 17.0. The average molecular weight is 342 g/mol. The predicted octanol–water partition coefficient (Wildman–Crippen LogP) is 2.44. The highest BCUT2D eigenvalue weighted by molar-refractivity contribution is 5.79. The van der Waals surface area contributed by atoms with Crippen LogP contribution in [-0.2, 0) is 18.3 Å². The van der Waals surface area contributed by atoms with E-state index in [1.807, 2.05) is 31.2 Å². The zero-order valence-electron chi connectivity index (χ0n) is 14.9. The summed E-state index contributed by atoms with van der Waals surface area (Å²) in [6.45, 7) is 2.97. The number of hydrogen-bond donors (Lipinski definition) is 1. The first-order valence-electron chi connectivity index (χ1n) is 8.01. The van der Waals surface area contributed by atoms with Crippen molar-refractivity contribution < 1.29 is 9.47 Å². The van der Waals surface area contributed by atoms with E-state index in [-0.39, 0.29) is 5.69 Å². The van der Waals surface area contributed by atoms with Crippen LogP contribution >= 0.6 is 0 Å². The monoisotopic (exact) mass is 342 g/mol. The molecule has 0 aliphatic rings. The Labute approximate surface area is 145 Å². The van der Waals surface area contributed by atoms with Crippen molar-refractivity contribution in [2.75, 3.05) is 26.1 Å². The molecule has 0 saturated carbocycles. The molecule has 0 bridgehead atoms. The number of benzene rings is 1. The molecule has 2 aromatic heterocycles. The Hall–Kier alpha value is -2.80. The molecule has 0 atom stereocenters. The fourth-order valence-corrected chi connectivity index (χ4v) is 2.81. The second-order valence-electron chi connectivity index (χ2n) is 5.85. The number of hydrogen-bond acceptors (Lipinski definition) is 5. The lowest BCUT2D eigenvalue weighted by Crippen LogP contribution is -2.23. The summed E-state index contributed by atoms with van der Waals surface area (Å²) >= 11 is 0. The molecular weight excluding hydrogens is 320 g/mol. The Morgan fingerprint density at radius 3 is 2.68 bits per heavy atom. The van der Waals surface area contributed by atoms with Crippen LogP contribution in [0.5, 0.6) is 5.75 Å².